The van der Waals surface area contributed by atoms with Gasteiger partial charge in [0.05, 0.1) is 11.1 Å². The van der Waals surface area contributed by atoms with Crippen LogP contribution in [0.1, 0.15) is 52.0 Å². The number of nitrogens with zero attached hydrogens (tertiary/aromatic N) is 1. The van der Waals surface area contributed by atoms with Crippen LogP contribution in [0.25, 0.3) is 0 Å². The van der Waals surface area contributed by atoms with Crippen molar-refractivity contribution in [2.75, 3.05) is 4.90 Å². The Morgan fingerprint density at radius 2 is 1.74 bits per heavy atom. The van der Waals surface area contributed by atoms with Gasteiger partial charge in [-0.05, 0) is 24.5 Å². The minimum absolute atomic E-state index is 0.0371. The summed E-state index contributed by atoms with van der Waals surface area (Å²) < 4.78 is 0. The highest BCUT2D eigenvalue weighted by Gasteiger charge is 2.50. The van der Waals surface area contributed by atoms with Crippen molar-refractivity contribution in [1.82, 2.24) is 0 Å². The fourth-order valence-electron chi connectivity index (χ4n) is 3.29. The highest BCUT2D eigenvalue weighted by atomic mass is 16.2. The molecule has 0 bridgehead atoms. The van der Waals surface area contributed by atoms with Gasteiger partial charge in [0.2, 0.25) is 11.8 Å². The molecule has 0 atom stereocenters. The zero-order chi connectivity index (χ0) is 14.0. The second-order valence-electron chi connectivity index (χ2n) is 5.26. The van der Waals surface area contributed by atoms with E-state index in [0.29, 0.717) is 0 Å². The highest BCUT2D eigenvalue weighted by Crippen LogP contribution is 2.47. The maximum atomic E-state index is 12.8. The van der Waals surface area contributed by atoms with Crippen molar-refractivity contribution >= 4 is 17.5 Å². The summed E-state index contributed by atoms with van der Waals surface area (Å²) in [5.74, 6) is -0.226. The van der Waals surface area contributed by atoms with Crippen LogP contribution < -0.4 is 4.90 Å². The molecule has 1 aromatic carbocycles. The van der Waals surface area contributed by atoms with Gasteiger partial charge in [-0.15, -0.1) is 0 Å². The van der Waals surface area contributed by atoms with Gasteiger partial charge < -0.3 is 0 Å². The largest absolute Gasteiger partial charge is 0.274 e. The van der Waals surface area contributed by atoms with Crippen LogP contribution in [-0.4, -0.2) is 11.8 Å². The van der Waals surface area contributed by atoms with Crippen molar-refractivity contribution in [3.05, 3.63) is 29.8 Å². The lowest BCUT2D eigenvalue weighted by Crippen LogP contribution is -2.42. The van der Waals surface area contributed by atoms with Crippen molar-refractivity contribution in [2.24, 2.45) is 0 Å². The Kier molecular flexibility index (Phi) is 3.74. The molecule has 0 saturated heterocycles. The standard InChI is InChI=1S/C16H21NO2/c1-4-10-16(11-5-2)13-8-6-7-9-14(13)17(12(3)18)15(16)19/h6-9H,4-5,10-11H2,1-3H3. The van der Waals surface area contributed by atoms with Crippen molar-refractivity contribution in [3.8, 4) is 0 Å². The molecule has 102 valence electrons. The molecule has 0 fully saturated rings. The van der Waals surface area contributed by atoms with E-state index in [1.54, 1.807) is 0 Å². The highest BCUT2D eigenvalue weighted by molar-refractivity contribution is 6.22. The first kappa shape index (κ1) is 13.8. The van der Waals surface area contributed by atoms with Crippen molar-refractivity contribution in [2.45, 2.75) is 51.9 Å². The van der Waals surface area contributed by atoms with Crippen LogP contribution in [0.2, 0.25) is 0 Å². The smallest absolute Gasteiger partial charge is 0.244 e. The van der Waals surface area contributed by atoms with Gasteiger partial charge in [0, 0.05) is 6.92 Å². The normalized spacial score (nSPS) is 16.6. The third kappa shape index (κ3) is 1.97. The topological polar surface area (TPSA) is 37.4 Å². The summed E-state index contributed by atoms with van der Waals surface area (Å²) in [6.07, 6.45) is 3.48. The molecule has 0 radical (unpaired) electrons. The quantitative estimate of drug-likeness (QED) is 0.831. The monoisotopic (exact) mass is 259 g/mol. The third-order valence-corrected chi connectivity index (χ3v) is 3.94. The number of rotatable bonds is 4. The van der Waals surface area contributed by atoms with Crippen LogP contribution in [0.4, 0.5) is 5.69 Å². The molecule has 2 amide bonds. The number of hydrogen-bond donors (Lipinski definition) is 0. The van der Waals surface area contributed by atoms with Crippen LogP contribution in [0.15, 0.2) is 24.3 Å². The maximum absolute atomic E-state index is 12.8. The predicted octanol–water partition coefficient (Wildman–Crippen LogP) is 3.42. The molecule has 1 aliphatic heterocycles. The molecule has 0 aliphatic carbocycles. The lowest BCUT2D eigenvalue weighted by Gasteiger charge is -2.27. The van der Waals surface area contributed by atoms with E-state index in [-0.39, 0.29) is 11.8 Å². The predicted molar refractivity (Wildman–Crippen MR) is 76.1 cm³/mol. The second-order valence-corrected chi connectivity index (χ2v) is 5.26. The first-order valence-electron chi connectivity index (χ1n) is 7.03. The number of carbonyl (C=O) groups excluding carboxylic acids is 2. The number of imide groups is 1. The molecular weight excluding hydrogens is 238 g/mol. The maximum Gasteiger partial charge on any atom is 0.244 e. The van der Waals surface area contributed by atoms with E-state index in [1.165, 1.54) is 11.8 Å². The molecule has 0 aromatic heterocycles. The second kappa shape index (κ2) is 5.16. The summed E-state index contributed by atoms with van der Waals surface area (Å²) in [6, 6.07) is 7.72. The van der Waals surface area contributed by atoms with E-state index >= 15 is 0 Å². The Labute approximate surface area is 114 Å². The van der Waals surface area contributed by atoms with Gasteiger partial charge in [-0.2, -0.15) is 0 Å². The average Bonchev–Trinajstić information content (AvgIpc) is 2.61. The molecule has 3 heteroatoms. The number of amides is 2. The molecule has 1 aromatic rings. The van der Waals surface area contributed by atoms with Gasteiger partial charge >= 0.3 is 0 Å². The summed E-state index contributed by atoms with van der Waals surface area (Å²) in [6.45, 7) is 5.64. The summed E-state index contributed by atoms with van der Waals surface area (Å²) in [5, 5.41) is 0. The van der Waals surface area contributed by atoms with Gasteiger partial charge in [-0.1, -0.05) is 44.9 Å². The lowest BCUT2D eigenvalue weighted by atomic mass is 9.74. The van der Waals surface area contributed by atoms with Crippen LogP contribution in [0.3, 0.4) is 0 Å². The number of benzene rings is 1. The molecular formula is C16H21NO2. The zero-order valence-corrected chi connectivity index (χ0v) is 11.9. The van der Waals surface area contributed by atoms with Crippen molar-refractivity contribution in [1.29, 1.82) is 0 Å². The Balaban J connectivity index is 2.62. The Morgan fingerprint density at radius 3 is 2.26 bits per heavy atom. The SMILES string of the molecule is CCCC1(CCC)C(=O)N(C(C)=O)c2ccccc21. The van der Waals surface area contributed by atoms with E-state index in [0.717, 1.165) is 36.9 Å². The van der Waals surface area contributed by atoms with E-state index in [9.17, 15) is 9.59 Å². The minimum atomic E-state index is -0.494. The van der Waals surface area contributed by atoms with E-state index in [2.05, 4.69) is 13.8 Å². The van der Waals surface area contributed by atoms with Crippen LogP contribution in [-0.2, 0) is 15.0 Å². The van der Waals surface area contributed by atoms with Crippen molar-refractivity contribution in [3.63, 3.8) is 0 Å². The Hall–Kier alpha value is -1.64. The fourth-order valence-corrected chi connectivity index (χ4v) is 3.29. The molecule has 0 saturated carbocycles. The summed E-state index contributed by atoms with van der Waals surface area (Å²) in [5.41, 5.74) is 1.31. The molecule has 1 aliphatic rings. The van der Waals surface area contributed by atoms with Crippen LogP contribution in [0.5, 0.6) is 0 Å². The molecule has 3 nitrogen and oxygen atoms in total. The van der Waals surface area contributed by atoms with Gasteiger partial charge in [0.25, 0.3) is 0 Å². The lowest BCUT2D eigenvalue weighted by molar-refractivity contribution is -0.128. The molecule has 0 N–H and O–H groups in total. The molecule has 0 spiro atoms. The third-order valence-electron chi connectivity index (χ3n) is 3.94. The molecule has 0 unspecified atom stereocenters. The first-order chi connectivity index (χ1) is 9.08. The van der Waals surface area contributed by atoms with Gasteiger partial charge in [-0.3, -0.25) is 9.59 Å². The molecule has 1 heterocycles. The minimum Gasteiger partial charge on any atom is -0.274 e. The van der Waals surface area contributed by atoms with E-state index < -0.39 is 5.41 Å². The number of hydrogen-bond acceptors (Lipinski definition) is 2. The number of fused-ring (bicyclic) bond motifs is 1. The van der Waals surface area contributed by atoms with Crippen LogP contribution >= 0.6 is 0 Å². The zero-order valence-electron chi connectivity index (χ0n) is 11.9. The Bertz CT molecular complexity index is 501. The Morgan fingerprint density at radius 1 is 1.16 bits per heavy atom. The summed E-state index contributed by atoms with van der Waals surface area (Å²) >= 11 is 0. The van der Waals surface area contributed by atoms with Gasteiger partial charge in [-0.25, -0.2) is 4.90 Å². The number of para-hydroxylation sites is 1. The summed E-state index contributed by atoms with van der Waals surface area (Å²) in [4.78, 5) is 26.0. The van der Waals surface area contributed by atoms with Gasteiger partial charge in [0.1, 0.15) is 0 Å². The summed E-state index contributed by atoms with van der Waals surface area (Å²) in [7, 11) is 0. The molecule has 2 rings (SSSR count). The fraction of sp³-hybridized carbons (Fsp3) is 0.500. The average molecular weight is 259 g/mol. The van der Waals surface area contributed by atoms with Crippen molar-refractivity contribution < 1.29 is 9.59 Å². The van der Waals surface area contributed by atoms with E-state index in [1.807, 2.05) is 24.3 Å². The number of carbonyl (C=O) groups is 2. The van der Waals surface area contributed by atoms with E-state index in [4.69, 9.17) is 0 Å². The van der Waals surface area contributed by atoms with Gasteiger partial charge in [0.15, 0.2) is 0 Å². The van der Waals surface area contributed by atoms with Crippen LogP contribution in [0, 0.1) is 0 Å². The first-order valence-corrected chi connectivity index (χ1v) is 7.03. The number of anilines is 1. The molecule has 19 heavy (non-hydrogen) atoms.